The van der Waals surface area contributed by atoms with Crippen LogP contribution in [0.25, 0.3) is 0 Å². The highest BCUT2D eigenvalue weighted by molar-refractivity contribution is 5.39. The van der Waals surface area contributed by atoms with Crippen LogP contribution in [0.5, 0.6) is 6.01 Å². The Balaban J connectivity index is 2.19. The molecule has 2 rings (SSSR count). The second-order valence-electron chi connectivity index (χ2n) is 4.94. The Morgan fingerprint density at radius 2 is 2.21 bits per heavy atom. The maximum atomic E-state index is 9.19. The molecule has 7 nitrogen and oxygen atoms in total. The van der Waals surface area contributed by atoms with E-state index in [1.807, 2.05) is 13.8 Å². The van der Waals surface area contributed by atoms with Crippen molar-refractivity contribution < 1.29 is 9.84 Å². The third-order valence-electron chi connectivity index (χ3n) is 2.99. The highest BCUT2D eigenvalue weighted by Crippen LogP contribution is 2.22. The maximum absolute atomic E-state index is 9.19. The Bertz CT molecular complexity index is 427. The quantitative estimate of drug-likeness (QED) is 0.804. The first-order valence-electron chi connectivity index (χ1n) is 6.58. The van der Waals surface area contributed by atoms with Crippen molar-refractivity contribution >= 4 is 11.9 Å². The number of aromatic nitrogens is 3. The molecular formula is C12H21N5O2. The summed E-state index contributed by atoms with van der Waals surface area (Å²) in [4.78, 5) is 14.9. The van der Waals surface area contributed by atoms with Gasteiger partial charge in [0, 0.05) is 32.7 Å². The van der Waals surface area contributed by atoms with Crippen molar-refractivity contribution in [2.75, 3.05) is 37.0 Å². The van der Waals surface area contributed by atoms with Gasteiger partial charge in [0.25, 0.3) is 0 Å². The van der Waals surface area contributed by atoms with Crippen LogP contribution >= 0.6 is 0 Å². The molecule has 1 aliphatic rings. The largest absolute Gasteiger partial charge is 0.461 e. The number of aliphatic hydroxyl groups excluding tert-OH is 1. The Kier molecular flexibility index (Phi) is 4.36. The van der Waals surface area contributed by atoms with Crippen LogP contribution in [-0.2, 0) is 0 Å². The molecule has 0 spiro atoms. The summed E-state index contributed by atoms with van der Waals surface area (Å²) in [6, 6.07) is 0.330. The molecule has 1 fully saturated rings. The van der Waals surface area contributed by atoms with Gasteiger partial charge in [0.15, 0.2) is 0 Å². The van der Waals surface area contributed by atoms with E-state index >= 15 is 0 Å². The van der Waals surface area contributed by atoms with E-state index in [2.05, 4.69) is 25.2 Å². The highest BCUT2D eigenvalue weighted by Gasteiger charge is 2.25. The van der Waals surface area contributed by atoms with Crippen LogP contribution in [0.3, 0.4) is 0 Å². The molecule has 1 atom stereocenters. The van der Waals surface area contributed by atoms with Gasteiger partial charge in [-0.05, 0) is 20.3 Å². The number of aliphatic hydroxyl groups is 1. The lowest BCUT2D eigenvalue weighted by atomic mass is 10.1. The van der Waals surface area contributed by atoms with E-state index < -0.39 is 0 Å². The van der Waals surface area contributed by atoms with Crippen LogP contribution in [0.1, 0.15) is 20.3 Å². The lowest BCUT2D eigenvalue weighted by Gasteiger charge is -2.17. The number of hydrogen-bond acceptors (Lipinski definition) is 7. The molecule has 7 heteroatoms. The summed E-state index contributed by atoms with van der Waals surface area (Å²) in [5, 5.41) is 12.1. The molecule has 106 valence electrons. The lowest BCUT2D eigenvalue weighted by molar-refractivity contribution is 0.222. The smallest absolute Gasteiger partial charge is 0.323 e. The molecule has 0 bridgehead atoms. The minimum absolute atomic E-state index is 0.0173. The van der Waals surface area contributed by atoms with E-state index in [1.54, 1.807) is 7.05 Å². The molecule has 1 aromatic heterocycles. The van der Waals surface area contributed by atoms with Gasteiger partial charge >= 0.3 is 6.01 Å². The van der Waals surface area contributed by atoms with Crippen molar-refractivity contribution in [1.29, 1.82) is 0 Å². The first-order chi connectivity index (χ1) is 9.12. The predicted molar refractivity (Wildman–Crippen MR) is 72.5 cm³/mol. The number of nitrogens with zero attached hydrogens (tertiary/aromatic N) is 4. The standard InChI is InChI=1S/C12H21N5O2/c1-8(2)19-12-15-10(13-3)14-11(16-12)17-5-4-9(6-17)7-18/h8-9,18H,4-7H2,1-3H3,(H,13,14,15,16). The summed E-state index contributed by atoms with van der Waals surface area (Å²) in [7, 11) is 1.76. The molecular weight excluding hydrogens is 246 g/mol. The van der Waals surface area contributed by atoms with Crippen molar-refractivity contribution in [3.05, 3.63) is 0 Å². The van der Waals surface area contributed by atoms with Crippen LogP contribution in [0, 0.1) is 5.92 Å². The van der Waals surface area contributed by atoms with E-state index in [4.69, 9.17) is 4.74 Å². The normalized spacial score (nSPS) is 19.0. The lowest BCUT2D eigenvalue weighted by Crippen LogP contribution is -2.24. The zero-order valence-corrected chi connectivity index (χ0v) is 11.6. The molecule has 1 aliphatic heterocycles. The number of ether oxygens (including phenoxy) is 1. The fraction of sp³-hybridized carbons (Fsp3) is 0.750. The van der Waals surface area contributed by atoms with Crippen molar-refractivity contribution in [3.8, 4) is 6.01 Å². The number of rotatable bonds is 5. The minimum atomic E-state index is 0.0173. The van der Waals surface area contributed by atoms with Crippen LogP contribution in [0.2, 0.25) is 0 Å². The van der Waals surface area contributed by atoms with Gasteiger partial charge in [-0.2, -0.15) is 15.0 Å². The first kappa shape index (κ1) is 13.8. The van der Waals surface area contributed by atoms with Gasteiger partial charge < -0.3 is 20.1 Å². The fourth-order valence-electron chi connectivity index (χ4n) is 2.03. The monoisotopic (exact) mass is 267 g/mol. The van der Waals surface area contributed by atoms with E-state index in [-0.39, 0.29) is 12.7 Å². The average molecular weight is 267 g/mol. The molecule has 1 saturated heterocycles. The molecule has 2 heterocycles. The second-order valence-corrected chi connectivity index (χ2v) is 4.94. The van der Waals surface area contributed by atoms with Crippen LogP contribution < -0.4 is 15.0 Å². The van der Waals surface area contributed by atoms with Gasteiger partial charge in [0.2, 0.25) is 11.9 Å². The van der Waals surface area contributed by atoms with Crippen LogP contribution in [-0.4, -0.2) is 52.9 Å². The van der Waals surface area contributed by atoms with Gasteiger partial charge in [-0.25, -0.2) is 0 Å². The number of hydrogen-bond donors (Lipinski definition) is 2. The number of anilines is 2. The SMILES string of the molecule is CNc1nc(OC(C)C)nc(N2CCC(CO)C2)n1. The van der Waals surface area contributed by atoms with Crippen molar-refractivity contribution in [2.24, 2.45) is 5.92 Å². The molecule has 0 amide bonds. The van der Waals surface area contributed by atoms with Crippen LogP contribution in [0.15, 0.2) is 0 Å². The molecule has 1 unspecified atom stereocenters. The van der Waals surface area contributed by atoms with Gasteiger partial charge in [-0.1, -0.05) is 0 Å². The summed E-state index contributed by atoms with van der Waals surface area (Å²) < 4.78 is 5.53. The van der Waals surface area contributed by atoms with Gasteiger partial charge in [0.1, 0.15) is 0 Å². The summed E-state index contributed by atoms with van der Waals surface area (Å²) in [5.41, 5.74) is 0. The molecule has 0 radical (unpaired) electrons. The van der Waals surface area contributed by atoms with Gasteiger partial charge in [-0.15, -0.1) is 0 Å². The van der Waals surface area contributed by atoms with E-state index in [0.29, 0.717) is 23.8 Å². The topological polar surface area (TPSA) is 83.4 Å². The molecule has 2 N–H and O–H groups in total. The Morgan fingerprint density at radius 1 is 1.42 bits per heavy atom. The van der Waals surface area contributed by atoms with E-state index in [0.717, 1.165) is 19.5 Å². The van der Waals surface area contributed by atoms with Crippen molar-refractivity contribution in [2.45, 2.75) is 26.4 Å². The summed E-state index contributed by atoms with van der Waals surface area (Å²) >= 11 is 0. The Labute approximate surface area is 113 Å². The molecule has 1 aromatic rings. The zero-order chi connectivity index (χ0) is 13.8. The van der Waals surface area contributed by atoms with Gasteiger partial charge in [-0.3, -0.25) is 0 Å². The molecule has 0 aromatic carbocycles. The molecule has 0 aliphatic carbocycles. The second kappa shape index (κ2) is 6.01. The summed E-state index contributed by atoms with van der Waals surface area (Å²) in [6.45, 7) is 5.68. The highest BCUT2D eigenvalue weighted by atomic mass is 16.5. The Morgan fingerprint density at radius 3 is 2.79 bits per heavy atom. The van der Waals surface area contributed by atoms with Crippen molar-refractivity contribution in [3.63, 3.8) is 0 Å². The fourth-order valence-corrected chi connectivity index (χ4v) is 2.03. The van der Waals surface area contributed by atoms with Crippen LogP contribution in [0.4, 0.5) is 11.9 Å². The molecule has 19 heavy (non-hydrogen) atoms. The minimum Gasteiger partial charge on any atom is -0.461 e. The Hall–Kier alpha value is -1.63. The zero-order valence-electron chi connectivity index (χ0n) is 11.6. The predicted octanol–water partition coefficient (Wildman–Crippen LogP) is 0.519. The molecule has 0 saturated carbocycles. The summed E-state index contributed by atoms with van der Waals surface area (Å²) in [5.74, 6) is 1.39. The third-order valence-corrected chi connectivity index (χ3v) is 2.99. The van der Waals surface area contributed by atoms with E-state index in [9.17, 15) is 5.11 Å². The summed E-state index contributed by atoms with van der Waals surface area (Å²) in [6.07, 6.45) is 0.973. The first-order valence-corrected chi connectivity index (χ1v) is 6.58. The average Bonchev–Trinajstić information content (AvgIpc) is 2.86. The number of nitrogens with one attached hydrogen (secondary N) is 1. The maximum Gasteiger partial charge on any atom is 0.323 e. The van der Waals surface area contributed by atoms with Gasteiger partial charge in [0.05, 0.1) is 6.10 Å². The van der Waals surface area contributed by atoms with Crippen molar-refractivity contribution in [1.82, 2.24) is 15.0 Å². The third kappa shape index (κ3) is 3.44. The van der Waals surface area contributed by atoms with E-state index in [1.165, 1.54) is 0 Å².